The fourth-order valence-electron chi connectivity index (χ4n) is 1.73. The van der Waals surface area contributed by atoms with Crippen LogP contribution in [0.1, 0.15) is 21.7 Å². The van der Waals surface area contributed by atoms with Crippen molar-refractivity contribution >= 4 is 17.3 Å². The van der Waals surface area contributed by atoms with Gasteiger partial charge in [-0.15, -0.1) is 0 Å². The first-order chi connectivity index (χ1) is 9.06. The van der Waals surface area contributed by atoms with Crippen molar-refractivity contribution in [2.24, 2.45) is 0 Å². The van der Waals surface area contributed by atoms with Gasteiger partial charge in [-0.1, -0.05) is 12.1 Å². The van der Waals surface area contributed by atoms with E-state index in [9.17, 15) is 4.79 Å². The predicted molar refractivity (Wildman–Crippen MR) is 71.6 cm³/mol. The van der Waals surface area contributed by atoms with Crippen LogP contribution in [-0.2, 0) is 0 Å². The van der Waals surface area contributed by atoms with Gasteiger partial charge in [-0.2, -0.15) is 10.4 Å². The Morgan fingerprint density at radius 2 is 2.16 bits per heavy atom. The Bertz CT molecular complexity index is 668. The third-order valence-electron chi connectivity index (χ3n) is 2.89. The second-order valence-electron chi connectivity index (χ2n) is 4.10. The highest BCUT2D eigenvalue weighted by Crippen LogP contribution is 2.22. The maximum absolute atomic E-state index is 12.3. The quantitative estimate of drug-likeness (QED) is 0.848. The summed E-state index contributed by atoms with van der Waals surface area (Å²) < 4.78 is 0. The van der Waals surface area contributed by atoms with Crippen molar-refractivity contribution in [3.63, 3.8) is 0 Å². The van der Waals surface area contributed by atoms with Crippen molar-refractivity contribution in [1.82, 2.24) is 10.2 Å². The van der Waals surface area contributed by atoms with Crippen LogP contribution in [0.15, 0.2) is 24.3 Å². The molecular formula is C13H13N5O. The summed E-state index contributed by atoms with van der Waals surface area (Å²) >= 11 is 0. The van der Waals surface area contributed by atoms with Crippen molar-refractivity contribution < 1.29 is 4.79 Å². The first kappa shape index (κ1) is 12.6. The maximum atomic E-state index is 12.3. The fourth-order valence-corrected chi connectivity index (χ4v) is 1.73. The lowest BCUT2D eigenvalue weighted by Crippen LogP contribution is -2.28. The molecule has 2 rings (SSSR count). The third-order valence-corrected chi connectivity index (χ3v) is 2.89. The zero-order valence-corrected chi connectivity index (χ0v) is 10.6. The molecule has 0 aliphatic heterocycles. The number of para-hydroxylation sites is 1. The Kier molecular flexibility index (Phi) is 3.21. The smallest absolute Gasteiger partial charge is 0.280 e. The SMILES string of the molecule is Cc1[nH]nc(C(=O)N(C)c2ccccc2C#N)c1N. The number of hydrogen-bond acceptors (Lipinski definition) is 4. The minimum Gasteiger partial charge on any atom is -0.395 e. The number of aromatic amines is 1. The van der Waals surface area contributed by atoms with E-state index in [0.717, 1.165) is 0 Å². The van der Waals surface area contributed by atoms with Gasteiger partial charge in [0.15, 0.2) is 5.69 Å². The zero-order chi connectivity index (χ0) is 14.0. The van der Waals surface area contributed by atoms with Gasteiger partial charge >= 0.3 is 0 Å². The first-order valence-electron chi connectivity index (χ1n) is 5.64. The molecule has 0 saturated heterocycles. The topological polar surface area (TPSA) is 98.8 Å². The molecule has 6 nitrogen and oxygen atoms in total. The number of carbonyl (C=O) groups excluding carboxylic acids is 1. The minimum atomic E-state index is -0.357. The molecule has 19 heavy (non-hydrogen) atoms. The van der Waals surface area contributed by atoms with Crippen molar-refractivity contribution in [3.05, 3.63) is 41.2 Å². The third kappa shape index (κ3) is 2.13. The second kappa shape index (κ2) is 4.82. The van der Waals surface area contributed by atoms with Gasteiger partial charge in [0.2, 0.25) is 0 Å². The van der Waals surface area contributed by atoms with Crippen LogP contribution in [0.25, 0.3) is 0 Å². The highest BCUT2D eigenvalue weighted by molar-refractivity contribution is 6.08. The van der Waals surface area contributed by atoms with Gasteiger partial charge in [0.1, 0.15) is 6.07 Å². The van der Waals surface area contributed by atoms with Crippen LogP contribution < -0.4 is 10.6 Å². The molecule has 0 fully saturated rings. The molecule has 1 heterocycles. The predicted octanol–water partition coefficient (Wildman–Crippen LogP) is 1.45. The Labute approximate surface area is 110 Å². The molecule has 1 amide bonds. The summed E-state index contributed by atoms with van der Waals surface area (Å²) in [6, 6.07) is 8.91. The van der Waals surface area contributed by atoms with E-state index in [4.69, 9.17) is 11.0 Å². The Hall–Kier alpha value is -2.81. The standard InChI is InChI=1S/C13H13N5O/c1-8-11(15)12(17-16-8)13(19)18(2)10-6-4-3-5-9(10)7-14/h3-6H,15H2,1-2H3,(H,16,17). The van der Waals surface area contributed by atoms with Crippen LogP contribution in [0.3, 0.4) is 0 Å². The molecule has 96 valence electrons. The van der Waals surface area contributed by atoms with E-state index in [1.54, 1.807) is 38.2 Å². The molecule has 6 heteroatoms. The lowest BCUT2D eigenvalue weighted by molar-refractivity contribution is 0.0989. The van der Waals surface area contributed by atoms with Crippen molar-refractivity contribution in [1.29, 1.82) is 5.26 Å². The van der Waals surface area contributed by atoms with Gasteiger partial charge in [0, 0.05) is 7.05 Å². The summed E-state index contributed by atoms with van der Waals surface area (Å²) in [6.45, 7) is 1.74. The Morgan fingerprint density at radius 1 is 1.47 bits per heavy atom. The van der Waals surface area contributed by atoms with Crippen LogP contribution in [0.5, 0.6) is 0 Å². The summed E-state index contributed by atoms with van der Waals surface area (Å²) in [4.78, 5) is 13.7. The average Bonchev–Trinajstić information content (AvgIpc) is 2.77. The summed E-state index contributed by atoms with van der Waals surface area (Å²) in [5.41, 5.74) is 7.86. The molecule has 0 bridgehead atoms. The molecule has 0 unspecified atom stereocenters. The van der Waals surface area contributed by atoms with Crippen LogP contribution in [0.2, 0.25) is 0 Å². The van der Waals surface area contributed by atoms with E-state index in [2.05, 4.69) is 10.2 Å². The van der Waals surface area contributed by atoms with Gasteiger partial charge in [-0.25, -0.2) is 0 Å². The van der Waals surface area contributed by atoms with E-state index in [1.165, 1.54) is 4.90 Å². The normalized spacial score (nSPS) is 9.95. The van der Waals surface area contributed by atoms with Crippen molar-refractivity contribution in [2.75, 3.05) is 17.7 Å². The van der Waals surface area contributed by atoms with Crippen LogP contribution >= 0.6 is 0 Å². The Morgan fingerprint density at radius 3 is 2.74 bits per heavy atom. The van der Waals surface area contributed by atoms with Gasteiger partial charge < -0.3 is 10.6 Å². The summed E-state index contributed by atoms with van der Waals surface area (Å²) in [5.74, 6) is -0.357. The van der Waals surface area contributed by atoms with Gasteiger partial charge in [-0.05, 0) is 19.1 Å². The number of nitrogens with zero attached hydrogens (tertiary/aromatic N) is 3. The number of H-pyrrole nitrogens is 1. The van der Waals surface area contributed by atoms with E-state index in [0.29, 0.717) is 22.6 Å². The molecular weight excluding hydrogens is 242 g/mol. The number of nitrogens with two attached hydrogens (primary N) is 1. The van der Waals surface area contributed by atoms with Crippen molar-refractivity contribution in [2.45, 2.75) is 6.92 Å². The highest BCUT2D eigenvalue weighted by Gasteiger charge is 2.21. The van der Waals surface area contributed by atoms with E-state index >= 15 is 0 Å². The first-order valence-corrected chi connectivity index (χ1v) is 5.64. The number of amides is 1. The molecule has 0 saturated carbocycles. The van der Waals surface area contributed by atoms with Gasteiger partial charge in [0.05, 0.1) is 22.6 Å². The number of carbonyl (C=O) groups is 1. The zero-order valence-electron chi connectivity index (χ0n) is 10.6. The molecule has 3 N–H and O–H groups in total. The molecule has 1 aromatic carbocycles. The number of anilines is 2. The molecule has 1 aromatic heterocycles. The molecule has 2 aromatic rings. The Balaban J connectivity index is 2.40. The van der Waals surface area contributed by atoms with Gasteiger partial charge in [-0.3, -0.25) is 9.89 Å². The van der Waals surface area contributed by atoms with Crippen LogP contribution in [-0.4, -0.2) is 23.2 Å². The number of nitriles is 1. The summed E-state index contributed by atoms with van der Waals surface area (Å²) in [6.07, 6.45) is 0. The summed E-state index contributed by atoms with van der Waals surface area (Å²) in [7, 11) is 1.59. The molecule has 0 aliphatic carbocycles. The van der Waals surface area contributed by atoms with Crippen molar-refractivity contribution in [3.8, 4) is 6.07 Å². The maximum Gasteiger partial charge on any atom is 0.280 e. The fraction of sp³-hybridized carbons (Fsp3) is 0.154. The number of aryl methyl sites for hydroxylation is 1. The number of nitrogens with one attached hydrogen (secondary N) is 1. The largest absolute Gasteiger partial charge is 0.395 e. The lowest BCUT2D eigenvalue weighted by atomic mass is 10.1. The molecule has 0 radical (unpaired) electrons. The molecule has 0 aliphatic rings. The monoisotopic (exact) mass is 255 g/mol. The van der Waals surface area contributed by atoms with E-state index in [1.807, 2.05) is 6.07 Å². The average molecular weight is 255 g/mol. The lowest BCUT2D eigenvalue weighted by Gasteiger charge is -2.17. The minimum absolute atomic E-state index is 0.160. The molecule has 0 spiro atoms. The number of nitrogen functional groups attached to an aromatic ring is 1. The van der Waals surface area contributed by atoms with Gasteiger partial charge in [0.25, 0.3) is 5.91 Å². The number of rotatable bonds is 2. The number of aromatic nitrogens is 2. The van der Waals surface area contributed by atoms with Crippen LogP contribution in [0, 0.1) is 18.3 Å². The number of benzene rings is 1. The van der Waals surface area contributed by atoms with E-state index in [-0.39, 0.29) is 11.6 Å². The number of hydrogen-bond donors (Lipinski definition) is 2. The van der Waals surface area contributed by atoms with E-state index < -0.39 is 0 Å². The van der Waals surface area contributed by atoms with Crippen LogP contribution in [0.4, 0.5) is 11.4 Å². The molecule has 0 atom stereocenters. The highest BCUT2D eigenvalue weighted by atomic mass is 16.2. The second-order valence-corrected chi connectivity index (χ2v) is 4.10. The summed E-state index contributed by atoms with van der Waals surface area (Å²) in [5, 5.41) is 15.6.